The number of nitrogens with zero attached hydrogens (tertiary/aromatic N) is 3. The molecule has 5 nitrogen and oxygen atoms in total. The molecule has 0 saturated carbocycles. The average Bonchev–Trinajstić information content (AvgIpc) is 3.33. The highest BCUT2D eigenvalue weighted by Gasteiger charge is 2.19. The summed E-state index contributed by atoms with van der Waals surface area (Å²) in [4.78, 5) is 13.9. The Kier molecular flexibility index (Phi) is 6.40. The molecule has 6 heteroatoms. The molecule has 0 saturated heterocycles. The molecule has 4 rings (SSSR count). The number of fused-ring (bicyclic) bond motifs is 1. The van der Waals surface area contributed by atoms with E-state index in [-0.39, 0.29) is 5.57 Å². The summed E-state index contributed by atoms with van der Waals surface area (Å²) in [6.07, 6.45) is 4.29. The van der Waals surface area contributed by atoms with Gasteiger partial charge in [0.15, 0.2) is 0 Å². The topological polar surface area (TPSA) is 81.6 Å². The lowest BCUT2D eigenvalue weighted by atomic mass is 10.1. The van der Waals surface area contributed by atoms with Gasteiger partial charge in [0.1, 0.15) is 22.7 Å². The summed E-state index contributed by atoms with van der Waals surface area (Å²) in [7, 11) is 0. The van der Waals surface area contributed by atoms with E-state index < -0.39 is 5.91 Å². The molecule has 33 heavy (non-hydrogen) atoms. The highest BCUT2D eigenvalue weighted by molar-refractivity contribution is 7.16. The van der Waals surface area contributed by atoms with E-state index in [0.29, 0.717) is 23.5 Å². The molecule has 0 atom stereocenters. The van der Waals surface area contributed by atoms with Gasteiger partial charge in [-0.2, -0.15) is 10.5 Å². The molecule has 2 heterocycles. The quantitative estimate of drug-likeness (QED) is 0.287. The van der Waals surface area contributed by atoms with Gasteiger partial charge in [-0.3, -0.25) is 4.79 Å². The number of nitrogens with one attached hydrogen (secondary N) is 1. The molecule has 0 aliphatic heterocycles. The van der Waals surface area contributed by atoms with Gasteiger partial charge in [-0.25, -0.2) is 0 Å². The molecule has 0 radical (unpaired) electrons. The summed E-state index contributed by atoms with van der Waals surface area (Å²) in [5, 5.41) is 23.5. The van der Waals surface area contributed by atoms with Crippen molar-refractivity contribution in [1.82, 2.24) is 4.57 Å². The summed E-state index contributed by atoms with van der Waals surface area (Å²) in [5.74, 6) is -0.516. The normalized spacial score (nSPS) is 11.2. The van der Waals surface area contributed by atoms with Gasteiger partial charge in [-0.1, -0.05) is 55.5 Å². The summed E-state index contributed by atoms with van der Waals surface area (Å²) in [6, 6.07) is 22.3. The van der Waals surface area contributed by atoms with Crippen LogP contribution < -0.4 is 5.32 Å². The van der Waals surface area contributed by atoms with Gasteiger partial charge >= 0.3 is 0 Å². The molecule has 1 N–H and O–H groups in total. The van der Waals surface area contributed by atoms with Crippen LogP contribution in [0.4, 0.5) is 5.00 Å². The third-order valence-electron chi connectivity index (χ3n) is 5.58. The summed E-state index contributed by atoms with van der Waals surface area (Å²) in [5.41, 5.74) is 4.39. The second kappa shape index (κ2) is 9.56. The minimum atomic E-state index is -0.516. The second-order valence-electron chi connectivity index (χ2n) is 7.65. The third kappa shape index (κ3) is 4.43. The van der Waals surface area contributed by atoms with Crippen molar-refractivity contribution >= 4 is 39.2 Å². The fraction of sp³-hybridized carbons (Fsp3) is 0.148. The SMILES string of the molecule is CCc1c(C)sc(NC(=O)/C(C#N)=C/c2cn(Cc3ccccc3)c3ccccc23)c1C#N. The predicted molar refractivity (Wildman–Crippen MR) is 133 cm³/mol. The zero-order valence-corrected chi connectivity index (χ0v) is 19.2. The Labute approximate surface area is 196 Å². The van der Waals surface area contributed by atoms with E-state index in [9.17, 15) is 15.3 Å². The molecule has 0 spiro atoms. The maximum absolute atomic E-state index is 12.9. The minimum absolute atomic E-state index is 0.00870. The number of thiophene rings is 1. The van der Waals surface area contributed by atoms with Crippen molar-refractivity contribution < 1.29 is 4.79 Å². The van der Waals surface area contributed by atoms with Crippen LogP contribution >= 0.6 is 11.3 Å². The molecular formula is C27H22N4OS. The fourth-order valence-corrected chi connectivity index (χ4v) is 5.08. The van der Waals surface area contributed by atoms with Gasteiger partial charge in [0.25, 0.3) is 5.91 Å². The summed E-state index contributed by atoms with van der Waals surface area (Å²) in [6.45, 7) is 4.60. The predicted octanol–water partition coefficient (Wildman–Crippen LogP) is 6.04. The molecule has 4 aromatic rings. The average molecular weight is 451 g/mol. The molecule has 1 amide bonds. The van der Waals surface area contributed by atoms with Crippen molar-refractivity contribution in [3.63, 3.8) is 0 Å². The zero-order chi connectivity index (χ0) is 23.4. The van der Waals surface area contributed by atoms with E-state index in [1.54, 1.807) is 6.08 Å². The number of rotatable bonds is 6. The first-order valence-electron chi connectivity index (χ1n) is 10.6. The van der Waals surface area contributed by atoms with E-state index >= 15 is 0 Å². The Morgan fingerprint density at radius 1 is 1.12 bits per heavy atom. The van der Waals surface area contributed by atoms with Crippen molar-refractivity contribution in [2.75, 3.05) is 5.32 Å². The molecule has 0 bridgehead atoms. The van der Waals surface area contributed by atoms with Crippen LogP contribution in [0, 0.1) is 29.6 Å². The first kappa shape index (κ1) is 22.1. The monoisotopic (exact) mass is 450 g/mol. The van der Waals surface area contributed by atoms with Gasteiger partial charge in [-0.05, 0) is 36.6 Å². The number of hydrogen-bond acceptors (Lipinski definition) is 4. The molecule has 2 aromatic heterocycles. The summed E-state index contributed by atoms with van der Waals surface area (Å²) < 4.78 is 2.12. The van der Waals surface area contributed by atoms with Gasteiger partial charge in [-0.15, -0.1) is 11.3 Å². The van der Waals surface area contributed by atoms with E-state index in [1.807, 2.05) is 68.6 Å². The van der Waals surface area contributed by atoms with Crippen molar-refractivity contribution in [3.05, 3.63) is 93.5 Å². The number of nitriles is 2. The van der Waals surface area contributed by atoms with Crippen LogP contribution in [0.5, 0.6) is 0 Å². The Morgan fingerprint density at radius 2 is 1.85 bits per heavy atom. The van der Waals surface area contributed by atoms with Crippen LogP contribution in [0.3, 0.4) is 0 Å². The van der Waals surface area contributed by atoms with E-state index in [1.165, 1.54) is 11.3 Å². The lowest BCUT2D eigenvalue weighted by Gasteiger charge is -2.05. The molecule has 2 aromatic carbocycles. The first-order chi connectivity index (χ1) is 16.0. The van der Waals surface area contributed by atoms with Gasteiger partial charge in [0.05, 0.1) is 5.56 Å². The largest absolute Gasteiger partial charge is 0.342 e. The lowest BCUT2D eigenvalue weighted by molar-refractivity contribution is -0.112. The minimum Gasteiger partial charge on any atom is -0.342 e. The Hall–Kier alpha value is -4.13. The standard InChI is InChI=1S/C27H22N4OS/c1-3-22-18(2)33-27(24(22)15-29)30-26(32)20(14-28)13-21-17-31(16-19-9-5-4-6-10-19)25-12-8-7-11-23(21)25/h4-13,17H,3,16H2,1-2H3,(H,30,32)/b20-13+. The van der Waals surface area contributed by atoms with Crippen molar-refractivity contribution in [2.24, 2.45) is 0 Å². The van der Waals surface area contributed by atoms with E-state index in [0.717, 1.165) is 32.5 Å². The number of hydrogen-bond donors (Lipinski definition) is 1. The molecule has 0 fully saturated rings. The third-order valence-corrected chi connectivity index (χ3v) is 6.64. The molecular weight excluding hydrogens is 428 g/mol. The van der Waals surface area contributed by atoms with Gasteiger partial charge in [0, 0.05) is 34.1 Å². The number of carbonyl (C=O) groups is 1. The number of anilines is 1. The van der Waals surface area contributed by atoms with Crippen LogP contribution in [0.2, 0.25) is 0 Å². The highest BCUT2D eigenvalue weighted by atomic mass is 32.1. The van der Waals surface area contributed by atoms with Crippen LogP contribution in [0.25, 0.3) is 17.0 Å². The molecule has 162 valence electrons. The maximum atomic E-state index is 12.9. The molecule has 0 aliphatic rings. The zero-order valence-electron chi connectivity index (χ0n) is 18.4. The molecule has 0 aliphatic carbocycles. The first-order valence-corrected chi connectivity index (χ1v) is 11.4. The number of aryl methyl sites for hydroxylation is 1. The van der Waals surface area contributed by atoms with Gasteiger partial charge < -0.3 is 9.88 Å². The Morgan fingerprint density at radius 3 is 2.55 bits per heavy atom. The van der Waals surface area contributed by atoms with Crippen LogP contribution in [0.1, 0.15) is 34.1 Å². The van der Waals surface area contributed by atoms with Crippen molar-refractivity contribution in [2.45, 2.75) is 26.8 Å². The number of benzene rings is 2. The number of amides is 1. The Bertz CT molecular complexity index is 1450. The maximum Gasteiger partial charge on any atom is 0.266 e. The van der Waals surface area contributed by atoms with Crippen molar-refractivity contribution in [3.8, 4) is 12.1 Å². The van der Waals surface area contributed by atoms with Crippen LogP contribution in [0.15, 0.2) is 66.4 Å². The van der Waals surface area contributed by atoms with Gasteiger partial charge in [0.2, 0.25) is 0 Å². The molecule has 0 unspecified atom stereocenters. The van der Waals surface area contributed by atoms with E-state index in [4.69, 9.17) is 0 Å². The summed E-state index contributed by atoms with van der Waals surface area (Å²) >= 11 is 1.37. The van der Waals surface area contributed by atoms with E-state index in [2.05, 4.69) is 28.1 Å². The number of aromatic nitrogens is 1. The smallest absolute Gasteiger partial charge is 0.266 e. The fourth-order valence-electron chi connectivity index (χ4n) is 3.99. The number of carbonyl (C=O) groups excluding carboxylic acids is 1. The van der Waals surface area contributed by atoms with Crippen LogP contribution in [-0.2, 0) is 17.8 Å². The second-order valence-corrected chi connectivity index (χ2v) is 8.87. The Balaban J connectivity index is 1.69. The van der Waals surface area contributed by atoms with Crippen molar-refractivity contribution in [1.29, 1.82) is 10.5 Å². The highest BCUT2D eigenvalue weighted by Crippen LogP contribution is 2.33. The lowest BCUT2D eigenvalue weighted by Crippen LogP contribution is -2.13. The van der Waals surface area contributed by atoms with Crippen LogP contribution in [-0.4, -0.2) is 10.5 Å². The number of para-hydroxylation sites is 1.